The molecule has 5 aromatic heterocycles. The number of halogens is 8. The number of hydrogen-bond donors (Lipinski definition) is 9. The molecular formula is C105H133F8N15O10. The number of aromatic nitrogens is 10. The van der Waals surface area contributed by atoms with E-state index in [1.165, 1.54) is 45.9 Å². The summed E-state index contributed by atoms with van der Waals surface area (Å²) in [5.41, 5.74) is 4.27. The molecule has 0 unspecified atom stereocenters. The third-order valence-electron chi connectivity index (χ3n) is 25.0. The first-order chi connectivity index (χ1) is 63.7. The van der Waals surface area contributed by atoms with Crippen molar-refractivity contribution in [2.24, 2.45) is 27.1 Å². The van der Waals surface area contributed by atoms with Gasteiger partial charge in [0.05, 0.1) is 77.9 Å². The van der Waals surface area contributed by atoms with Gasteiger partial charge in [-0.3, -0.25) is 59.7 Å². The van der Waals surface area contributed by atoms with Crippen molar-refractivity contribution in [3.63, 3.8) is 0 Å². The van der Waals surface area contributed by atoms with E-state index in [1.807, 2.05) is 109 Å². The summed E-state index contributed by atoms with van der Waals surface area (Å²) in [5.74, 6) is -3.56. The Morgan fingerprint density at radius 3 is 1.17 bits per heavy atom. The maximum atomic E-state index is 14.8. The van der Waals surface area contributed by atoms with Crippen molar-refractivity contribution in [2.45, 2.75) is 315 Å². The minimum Gasteiger partial charge on any atom is -0.403 e. The summed E-state index contributed by atoms with van der Waals surface area (Å²) in [6.45, 7) is 43.3. The van der Waals surface area contributed by atoms with E-state index >= 15 is 0 Å². The third kappa shape index (κ3) is 26.3. The monoisotopic (exact) mass is 1920 g/mol. The molecule has 0 saturated heterocycles. The van der Waals surface area contributed by atoms with Crippen LogP contribution in [0.2, 0.25) is 0 Å². The fourth-order valence-electron chi connectivity index (χ4n) is 17.2. The minimum absolute atomic E-state index is 0.00825. The topological polar surface area (TPSA) is 325 Å². The van der Waals surface area contributed by atoms with Gasteiger partial charge in [-0.05, 0) is 280 Å². The molecule has 138 heavy (non-hydrogen) atoms. The number of imidazole rings is 5. The lowest BCUT2D eigenvalue weighted by molar-refractivity contribution is -0.275. The van der Waals surface area contributed by atoms with E-state index in [2.05, 4.69) is 95.4 Å². The highest BCUT2D eigenvalue weighted by Gasteiger charge is 2.41. The molecule has 9 N–H and O–H groups in total. The van der Waals surface area contributed by atoms with Gasteiger partial charge in [-0.2, -0.15) is 0 Å². The van der Waals surface area contributed by atoms with E-state index < -0.39 is 63.6 Å². The predicted molar refractivity (Wildman–Crippen MR) is 523 cm³/mol. The molecule has 5 heterocycles. The fourth-order valence-corrected chi connectivity index (χ4v) is 17.2. The first-order valence-corrected chi connectivity index (χ1v) is 47.1. The molecule has 5 amide bonds. The van der Waals surface area contributed by atoms with Crippen LogP contribution in [0.1, 0.15) is 301 Å². The summed E-state index contributed by atoms with van der Waals surface area (Å²) in [6, 6.07) is 29.4. The van der Waals surface area contributed by atoms with Gasteiger partial charge in [-0.1, -0.05) is 115 Å². The van der Waals surface area contributed by atoms with Crippen LogP contribution >= 0.6 is 0 Å². The van der Waals surface area contributed by atoms with E-state index in [0.29, 0.717) is 99.4 Å². The van der Waals surface area contributed by atoms with Crippen LogP contribution in [0, 0.1) is 63.1 Å². The second-order valence-corrected chi connectivity index (χ2v) is 45.1. The Hall–Kier alpha value is -11.7. The van der Waals surface area contributed by atoms with E-state index in [1.54, 1.807) is 91.8 Å². The number of carbonyl (C=O) groups is 5. The van der Waals surface area contributed by atoms with Gasteiger partial charge < -0.3 is 38.9 Å². The molecule has 7 aromatic carbocycles. The molecule has 33 heteroatoms. The van der Waals surface area contributed by atoms with E-state index in [0.717, 1.165) is 111 Å². The molecule has 0 aliphatic heterocycles. The Kier molecular flexibility index (Phi) is 30.1. The number of nitrogens with zero attached hydrogens (tertiary/aromatic N) is 10. The van der Waals surface area contributed by atoms with Crippen molar-refractivity contribution in [3.05, 3.63) is 172 Å². The number of aliphatic hydroxyl groups is 4. The second-order valence-electron chi connectivity index (χ2n) is 45.1. The minimum atomic E-state index is -5.00. The molecule has 744 valence electrons. The number of hydrogen-bond acceptors (Lipinski definition) is 15. The molecule has 4 fully saturated rings. The number of amides is 5. The zero-order chi connectivity index (χ0) is 102. The van der Waals surface area contributed by atoms with Crippen molar-refractivity contribution < 1.29 is 84.3 Å². The Bertz CT molecular complexity index is 6530. The van der Waals surface area contributed by atoms with E-state index in [4.69, 9.17) is 0 Å². The van der Waals surface area contributed by atoms with Gasteiger partial charge in [0.25, 0.3) is 0 Å². The highest BCUT2D eigenvalue weighted by Crippen LogP contribution is 2.48. The number of rotatable bonds is 21. The van der Waals surface area contributed by atoms with Crippen LogP contribution in [0.3, 0.4) is 0 Å². The Morgan fingerprint density at radius 2 is 0.754 bits per heavy atom. The first-order valence-electron chi connectivity index (χ1n) is 47.1. The van der Waals surface area contributed by atoms with Crippen LogP contribution in [0.5, 0.6) is 5.75 Å². The zero-order valence-corrected chi connectivity index (χ0v) is 83.4. The molecule has 25 nitrogen and oxygen atoms in total. The Balaban J connectivity index is 0.000000155. The van der Waals surface area contributed by atoms with Gasteiger partial charge in [-0.25, -0.2) is 46.9 Å². The lowest BCUT2D eigenvalue weighted by atomic mass is 9.68. The summed E-state index contributed by atoms with van der Waals surface area (Å²) in [5, 5.41) is 55.7. The lowest BCUT2D eigenvalue weighted by Gasteiger charge is -2.41. The Labute approximate surface area is 800 Å². The average Bonchev–Trinajstić information content (AvgIpc) is 1.57. The average molecular weight is 1920 g/mol. The summed E-state index contributed by atoms with van der Waals surface area (Å²) in [4.78, 5) is 84.8. The first kappa shape index (κ1) is 105. The van der Waals surface area contributed by atoms with Gasteiger partial charge in [0.1, 0.15) is 22.7 Å². The molecule has 4 aliphatic rings. The third-order valence-corrected chi connectivity index (χ3v) is 25.0. The molecule has 16 rings (SSSR count). The smallest absolute Gasteiger partial charge is 0.403 e. The van der Waals surface area contributed by atoms with Crippen LogP contribution in [-0.4, -0.2) is 104 Å². The van der Waals surface area contributed by atoms with Gasteiger partial charge in [0.2, 0.25) is 59.3 Å². The van der Waals surface area contributed by atoms with Crippen LogP contribution in [0.25, 0.3) is 66.5 Å². The molecule has 0 radical (unpaired) electrons. The number of fused-ring (bicyclic) bond motifs is 5. The van der Waals surface area contributed by atoms with Gasteiger partial charge >= 0.3 is 6.36 Å². The molecule has 0 bridgehead atoms. The maximum absolute atomic E-state index is 14.8. The number of alkyl halides is 3. The molecule has 4 saturated carbocycles. The number of nitrogens with one attached hydrogen (secondary N) is 5. The fraction of sp³-hybridized carbons (Fsp3) is 0.505. The number of benzene rings is 7. The van der Waals surface area contributed by atoms with Gasteiger partial charge in [0.15, 0.2) is 23.2 Å². The van der Waals surface area contributed by atoms with E-state index in [-0.39, 0.29) is 109 Å². The van der Waals surface area contributed by atoms with Crippen molar-refractivity contribution in [3.8, 4) is 17.1 Å². The van der Waals surface area contributed by atoms with Gasteiger partial charge in [0, 0.05) is 61.9 Å². The van der Waals surface area contributed by atoms with E-state index in [9.17, 15) is 79.5 Å². The molecule has 4 aliphatic carbocycles. The maximum Gasteiger partial charge on any atom is 0.573 e. The molecule has 12 aromatic rings. The summed E-state index contributed by atoms with van der Waals surface area (Å²) in [6.07, 6.45) is 9.20. The highest BCUT2D eigenvalue weighted by molar-refractivity contribution is 5.97. The van der Waals surface area contributed by atoms with Crippen LogP contribution in [-0.2, 0) is 51.9 Å². The Morgan fingerprint density at radius 1 is 0.384 bits per heavy atom. The largest absolute Gasteiger partial charge is 0.573 e. The van der Waals surface area contributed by atoms with Crippen molar-refractivity contribution in [2.75, 3.05) is 26.6 Å². The van der Waals surface area contributed by atoms with Crippen LogP contribution in [0.15, 0.2) is 115 Å². The van der Waals surface area contributed by atoms with Crippen LogP contribution in [0.4, 0.5) is 64.9 Å². The number of ether oxygens (including phenoxy) is 1. The number of anilines is 5. The molecule has 0 spiro atoms. The van der Waals surface area contributed by atoms with Crippen molar-refractivity contribution in [1.82, 2.24) is 47.8 Å². The zero-order valence-electron chi connectivity index (χ0n) is 83.4. The SMILES string of the molecule is CC(C)(C)CC(=O)Nc1nc2c(F)cc(C(C)(C)O)cc2n1C1(C)CCC1.CC(C)(C)CC(=O)Nc1nc2c(F)cc(C(C)(C)O)cc2n1C1CCC1.CC(C)(C)CC(=O)Nc1nc2ccc(C(C)(C)O)cc2n1-c1cc(F)cc(F)c1.CC(C)(C)CC(=O)Nc1nc2ccc(C(C)(C)O)cc2n1C1CCC1.Cc1ccc2nc(NC(=O)CC3(C)CCC3)n(-c3ccc(OC(F)(F)F)c(F)c3)c2c1. The molecule has 0 atom stereocenters. The van der Waals surface area contributed by atoms with Crippen molar-refractivity contribution in [1.29, 1.82) is 0 Å². The lowest BCUT2D eigenvalue weighted by Crippen LogP contribution is -2.38. The predicted octanol–water partition coefficient (Wildman–Crippen LogP) is 24.3. The highest BCUT2D eigenvalue weighted by atomic mass is 19.4. The number of aryl methyl sites for hydroxylation is 1. The summed E-state index contributed by atoms with van der Waals surface area (Å²) in [7, 11) is 0. The standard InChI is InChI=1S/C22H21F4N3O2.C22H25F2N3O2.C21H30FN3O2.C20H28FN3O2.C20H29N3O2/c1-13-4-6-16-17(10-13)29(14-5-7-18(15(23)11-14)31-22(24,25)26)20(27-16)28-19(30)12-21(2)8-3-9-21;1-21(2,3)12-19(28)26-20-25-17-7-6-13(22(4,5)29)8-18(17)27(20)16-10-14(23)9-15(24)11-16;1-19(2,3)12-16(26)23-18-24-17-14(22)10-13(20(4,5)27)11-15(17)25(18)21(6)8-7-9-21;1-19(2,3)11-16(25)22-18-23-17-14(21)9-12(20(4,5)26)10-15(17)24(18)13-7-6-8-13;1-19(2,3)12-17(24)22-18-21-15-10-9-13(20(4,5)25)11-16(15)23(18)14-7-6-8-14/h4-7,10-11H,3,8-9,12H2,1-2H3,(H,27,28,30);6-11,29H,12H2,1-5H3,(H,25,26,28);10-11,27H,7-9,12H2,1-6H3,(H,23,24,26);9-10,13,26H,6-8,11H2,1-5H3,(H,22,23,25);9-11,14,25H,6-8,12H2,1-5H3,(H,21,22,24). The number of carbonyl (C=O) groups excluding carboxylic acids is 5. The normalized spacial score (nSPS) is 15.4. The summed E-state index contributed by atoms with van der Waals surface area (Å²) < 4.78 is 122. The second kappa shape index (κ2) is 39.5. The van der Waals surface area contributed by atoms with Gasteiger partial charge in [-0.15, -0.1) is 13.2 Å². The summed E-state index contributed by atoms with van der Waals surface area (Å²) >= 11 is 0. The van der Waals surface area contributed by atoms with Crippen molar-refractivity contribution >= 4 is 114 Å². The quantitative estimate of drug-likeness (QED) is 0.0302. The molecular weight excluding hydrogens is 1780 g/mol. The van der Waals surface area contributed by atoms with Crippen LogP contribution < -0.4 is 31.3 Å².